The summed E-state index contributed by atoms with van der Waals surface area (Å²) in [5, 5.41) is 5.57. The van der Waals surface area contributed by atoms with Crippen molar-refractivity contribution < 1.29 is 14.3 Å². The average Bonchev–Trinajstić information content (AvgIpc) is 2.30. The molecule has 2 amide bonds. The maximum absolute atomic E-state index is 11.8. The molecule has 1 fully saturated rings. The van der Waals surface area contributed by atoms with Crippen LogP contribution in [0.5, 0.6) is 0 Å². The number of carbonyl (C=O) groups is 2. The first-order valence-electron chi connectivity index (χ1n) is 6.22. The minimum atomic E-state index is -0.500. The van der Waals surface area contributed by atoms with Gasteiger partial charge in [-0.1, -0.05) is 19.3 Å². The van der Waals surface area contributed by atoms with Gasteiger partial charge >= 0.3 is 0 Å². The Bertz CT molecular complexity index is 262. The van der Waals surface area contributed by atoms with Crippen molar-refractivity contribution in [1.82, 2.24) is 10.6 Å². The normalized spacial score (nSPS) is 18.5. The second-order valence-electron chi connectivity index (χ2n) is 4.57. The van der Waals surface area contributed by atoms with E-state index in [1.807, 2.05) is 0 Å². The first-order chi connectivity index (χ1) is 8.13. The third kappa shape index (κ3) is 5.17. The second kappa shape index (κ2) is 7.27. The van der Waals surface area contributed by atoms with E-state index in [2.05, 4.69) is 10.6 Å². The fraction of sp³-hybridized carbons (Fsp3) is 0.833. The van der Waals surface area contributed by atoms with Gasteiger partial charge in [0.2, 0.25) is 11.8 Å². The molecule has 0 spiro atoms. The molecule has 0 saturated heterocycles. The van der Waals surface area contributed by atoms with E-state index < -0.39 is 6.04 Å². The first kappa shape index (κ1) is 14.0. The van der Waals surface area contributed by atoms with Gasteiger partial charge in [-0.3, -0.25) is 9.59 Å². The monoisotopic (exact) mass is 242 g/mol. The quantitative estimate of drug-likeness (QED) is 0.741. The molecule has 5 nitrogen and oxygen atoms in total. The number of hydrogen-bond donors (Lipinski definition) is 2. The van der Waals surface area contributed by atoms with Crippen LogP contribution in [-0.4, -0.2) is 37.6 Å². The average molecular weight is 242 g/mol. The second-order valence-corrected chi connectivity index (χ2v) is 4.57. The van der Waals surface area contributed by atoms with Crippen LogP contribution in [-0.2, 0) is 14.3 Å². The molecule has 1 aliphatic rings. The van der Waals surface area contributed by atoms with Crippen molar-refractivity contribution in [2.75, 3.05) is 13.7 Å². The molecule has 5 heteroatoms. The van der Waals surface area contributed by atoms with E-state index in [0.29, 0.717) is 0 Å². The van der Waals surface area contributed by atoms with Crippen molar-refractivity contribution in [1.29, 1.82) is 0 Å². The summed E-state index contributed by atoms with van der Waals surface area (Å²) in [6, 6.07) is -0.224. The molecule has 0 bridgehead atoms. The van der Waals surface area contributed by atoms with Gasteiger partial charge in [-0.25, -0.2) is 0 Å². The minimum Gasteiger partial charge on any atom is -0.375 e. The first-order valence-corrected chi connectivity index (χ1v) is 6.22. The third-order valence-corrected chi connectivity index (χ3v) is 3.00. The SMILES string of the molecule is COCC(=O)NC(C)C(=O)NC1CCCCC1. The van der Waals surface area contributed by atoms with Gasteiger partial charge in [-0.15, -0.1) is 0 Å². The van der Waals surface area contributed by atoms with Gasteiger partial charge < -0.3 is 15.4 Å². The zero-order chi connectivity index (χ0) is 12.7. The molecule has 0 heterocycles. The molecule has 1 rings (SSSR count). The Morgan fingerprint density at radius 3 is 2.53 bits per heavy atom. The van der Waals surface area contributed by atoms with E-state index in [1.165, 1.54) is 26.4 Å². The summed E-state index contributed by atoms with van der Waals surface area (Å²) in [7, 11) is 1.45. The number of nitrogens with one attached hydrogen (secondary N) is 2. The Hall–Kier alpha value is -1.10. The van der Waals surface area contributed by atoms with Crippen LogP contribution in [0.3, 0.4) is 0 Å². The number of amides is 2. The van der Waals surface area contributed by atoms with Crippen molar-refractivity contribution in [3.63, 3.8) is 0 Å². The number of rotatable bonds is 5. The lowest BCUT2D eigenvalue weighted by atomic mass is 9.95. The predicted molar refractivity (Wildman–Crippen MR) is 64.5 cm³/mol. The number of carbonyl (C=O) groups excluding carboxylic acids is 2. The van der Waals surface area contributed by atoms with Gasteiger partial charge in [0.05, 0.1) is 0 Å². The lowest BCUT2D eigenvalue weighted by Crippen LogP contribution is -2.49. The molecule has 0 aromatic carbocycles. The Labute approximate surface area is 102 Å². The highest BCUT2D eigenvalue weighted by molar-refractivity contribution is 5.87. The van der Waals surface area contributed by atoms with Gasteiger partial charge in [-0.05, 0) is 19.8 Å². The highest BCUT2D eigenvalue weighted by Crippen LogP contribution is 2.17. The lowest BCUT2D eigenvalue weighted by molar-refractivity contribution is -0.131. The van der Waals surface area contributed by atoms with Crippen LogP contribution in [0.25, 0.3) is 0 Å². The summed E-state index contributed by atoms with van der Waals surface area (Å²) in [5.74, 6) is -0.375. The lowest BCUT2D eigenvalue weighted by Gasteiger charge is -2.24. The number of ether oxygens (including phenoxy) is 1. The summed E-state index contributed by atoms with van der Waals surface area (Å²) in [5.41, 5.74) is 0. The van der Waals surface area contributed by atoms with Crippen LogP contribution in [0.2, 0.25) is 0 Å². The van der Waals surface area contributed by atoms with Crippen molar-refractivity contribution in [2.45, 2.75) is 51.1 Å². The van der Waals surface area contributed by atoms with Gasteiger partial charge in [0.1, 0.15) is 12.6 Å². The molecule has 98 valence electrons. The Morgan fingerprint density at radius 2 is 1.94 bits per heavy atom. The van der Waals surface area contributed by atoms with Crippen LogP contribution in [0.1, 0.15) is 39.0 Å². The molecule has 1 atom stereocenters. The summed E-state index contributed by atoms with van der Waals surface area (Å²) in [6.45, 7) is 1.67. The molecule has 1 unspecified atom stereocenters. The molecule has 17 heavy (non-hydrogen) atoms. The van der Waals surface area contributed by atoms with Crippen LogP contribution < -0.4 is 10.6 Å². The summed E-state index contributed by atoms with van der Waals surface area (Å²) in [4.78, 5) is 23.0. The largest absolute Gasteiger partial charge is 0.375 e. The van der Waals surface area contributed by atoms with E-state index >= 15 is 0 Å². The van der Waals surface area contributed by atoms with E-state index in [1.54, 1.807) is 6.92 Å². The topological polar surface area (TPSA) is 67.4 Å². The molecule has 0 aliphatic heterocycles. The van der Waals surface area contributed by atoms with Crippen molar-refractivity contribution in [3.05, 3.63) is 0 Å². The standard InChI is InChI=1S/C12H22N2O3/c1-9(13-11(15)8-17-2)12(16)14-10-6-4-3-5-7-10/h9-10H,3-8H2,1-2H3,(H,13,15)(H,14,16). The van der Waals surface area contributed by atoms with Crippen LogP contribution >= 0.6 is 0 Å². The minimum absolute atomic E-state index is 0.0128. The fourth-order valence-corrected chi connectivity index (χ4v) is 2.05. The summed E-state index contributed by atoms with van der Waals surface area (Å²) >= 11 is 0. The predicted octanol–water partition coefficient (Wildman–Crippen LogP) is 0.586. The van der Waals surface area contributed by atoms with E-state index in [-0.39, 0.29) is 24.5 Å². The molecule has 2 N–H and O–H groups in total. The fourth-order valence-electron chi connectivity index (χ4n) is 2.05. The van der Waals surface area contributed by atoms with Crippen LogP contribution in [0.4, 0.5) is 0 Å². The Kier molecular flexibility index (Phi) is 5.97. The van der Waals surface area contributed by atoms with Gasteiger partial charge in [0.25, 0.3) is 0 Å². The molecule has 0 aromatic rings. The molecule has 0 radical (unpaired) electrons. The summed E-state index contributed by atoms with van der Waals surface area (Å²) in [6.07, 6.45) is 5.70. The van der Waals surface area contributed by atoms with Crippen molar-refractivity contribution in [3.8, 4) is 0 Å². The zero-order valence-corrected chi connectivity index (χ0v) is 10.6. The third-order valence-electron chi connectivity index (χ3n) is 3.00. The van der Waals surface area contributed by atoms with Gasteiger partial charge in [-0.2, -0.15) is 0 Å². The molecule has 0 aromatic heterocycles. The smallest absolute Gasteiger partial charge is 0.246 e. The molecule has 1 saturated carbocycles. The van der Waals surface area contributed by atoms with E-state index in [0.717, 1.165) is 12.8 Å². The molecular formula is C12H22N2O3. The number of hydrogen-bond acceptors (Lipinski definition) is 3. The maximum Gasteiger partial charge on any atom is 0.246 e. The summed E-state index contributed by atoms with van der Waals surface area (Å²) < 4.78 is 4.69. The van der Waals surface area contributed by atoms with Gasteiger partial charge in [0, 0.05) is 13.2 Å². The van der Waals surface area contributed by atoms with Crippen LogP contribution in [0.15, 0.2) is 0 Å². The zero-order valence-electron chi connectivity index (χ0n) is 10.6. The van der Waals surface area contributed by atoms with E-state index in [4.69, 9.17) is 4.74 Å². The molecular weight excluding hydrogens is 220 g/mol. The van der Waals surface area contributed by atoms with Crippen molar-refractivity contribution in [2.24, 2.45) is 0 Å². The van der Waals surface area contributed by atoms with Crippen molar-refractivity contribution >= 4 is 11.8 Å². The highest BCUT2D eigenvalue weighted by Gasteiger charge is 2.20. The van der Waals surface area contributed by atoms with E-state index in [9.17, 15) is 9.59 Å². The maximum atomic E-state index is 11.8. The molecule has 1 aliphatic carbocycles. The Balaban J connectivity index is 2.28. The van der Waals surface area contributed by atoms with Crippen LogP contribution in [0, 0.1) is 0 Å². The Morgan fingerprint density at radius 1 is 1.29 bits per heavy atom. The highest BCUT2D eigenvalue weighted by atomic mass is 16.5. The number of methoxy groups -OCH3 is 1. The van der Waals surface area contributed by atoms with Gasteiger partial charge in [0.15, 0.2) is 0 Å².